The summed E-state index contributed by atoms with van der Waals surface area (Å²) < 4.78 is 8.51. The van der Waals surface area contributed by atoms with Crippen molar-refractivity contribution in [1.29, 1.82) is 0 Å². The van der Waals surface area contributed by atoms with Crippen molar-refractivity contribution >= 4 is 28.7 Å². The Morgan fingerprint density at radius 1 is 1.24 bits per heavy atom. The van der Waals surface area contributed by atoms with Gasteiger partial charge in [-0.2, -0.15) is 5.10 Å². The molecule has 1 aromatic carbocycles. The van der Waals surface area contributed by atoms with Gasteiger partial charge in [0.25, 0.3) is 5.56 Å². The smallest absolute Gasteiger partial charge is 0.265 e. The molecule has 0 spiro atoms. The topological polar surface area (TPSA) is 95.0 Å². The SMILES string of the molecule is O=C(C[C@H]1CSc2nc3c(cnn3-c3ccccc3)c(=O)n21)NCc1ccco1. The van der Waals surface area contributed by atoms with E-state index in [1.807, 2.05) is 30.3 Å². The number of amides is 1. The second-order valence-electron chi connectivity index (χ2n) is 6.72. The van der Waals surface area contributed by atoms with Crippen LogP contribution in [0.3, 0.4) is 0 Å². The molecule has 5 rings (SSSR count). The van der Waals surface area contributed by atoms with E-state index in [1.165, 1.54) is 11.8 Å². The molecule has 146 valence electrons. The number of furan rings is 1. The third-order valence-corrected chi connectivity index (χ3v) is 5.93. The van der Waals surface area contributed by atoms with Gasteiger partial charge in [-0.1, -0.05) is 30.0 Å². The van der Waals surface area contributed by atoms with Gasteiger partial charge >= 0.3 is 0 Å². The zero-order valence-corrected chi connectivity index (χ0v) is 16.1. The van der Waals surface area contributed by atoms with Crippen molar-refractivity contribution in [3.05, 3.63) is 71.0 Å². The number of carbonyl (C=O) groups is 1. The van der Waals surface area contributed by atoms with E-state index in [2.05, 4.69) is 15.4 Å². The van der Waals surface area contributed by atoms with Crippen molar-refractivity contribution in [1.82, 2.24) is 24.6 Å². The summed E-state index contributed by atoms with van der Waals surface area (Å²) in [5, 5.41) is 8.24. The average Bonchev–Trinajstić information content (AvgIpc) is 3.48. The van der Waals surface area contributed by atoms with Gasteiger partial charge in [0.15, 0.2) is 10.8 Å². The first-order chi connectivity index (χ1) is 14.2. The number of para-hydroxylation sites is 1. The summed E-state index contributed by atoms with van der Waals surface area (Å²) in [6.45, 7) is 0.328. The van der Waals surface area contributed by atoms with Crippen LogP contribution in [0.25, 0.3) is 16.7 Å². The van der Waals surface area contributed by atoms with E-state index < -0.39 is 0 Å². The summed E-state index contributed by atoms with van der Waals surface area (Å²) >= 11 is 1.48. The molecule has 3 aromatic heterocycles. The first-order valence-corrected chi connectivity index (χ1v) is 10.2. The number of carbonyl (C=O) groups excluding carboxylic acids is 1. The molecule has 8 nitrogen and oxygen atoms in total. The van der Waals surface area contributed by atoms with Gasteiger partial charge in [-0.05, 0) is 24.3 Å². The number of fused-ring (bicyclic) bond motifs is 2. The maximum Gasteiger partial charge on any atom is 0.265 e. The molecular formula is C20H17N5O3S. The highest BCUT2D eigenvalue weighted by molar-refractivity contribution is 7.99. The van der Waals surface area contributed by atoms with Crippen LogP contribution in [0.1, 0.15) is 18.2 Å². The Kier molecular flexibility index (Phi) is 4.44. The van der Waals surface area contributed by atoms with Gasteiger partial charge in [0.1, 0.15) is 11.1 Å². The lowest BCUT2D eigenvalue weighted by Crippen LogP contribution is -2.30. The Hall–Kier alpha value is -3.33. The van der Waals surface area contributed by atoms with E-state index in [4.69, 9.17) is 4.42 Å². The van der Waals surface area contributed by atoms with Gasteiger partial charge < -0.3 is 9.73 Å². The van der Waals surface area contributed by atoms with Gasteiger partial charge in [-0.3, -0.25) is 14.2 Å². The van der Waals surface area contributed by atoms with E-state index in [9.17, 15) is 9.59 Å². The minimum Gasteiger partial charge on any atom is -0.467 e. The molecule has 1 amide bonds. The number of nitrogens with one attached hydrogen (secondary N) is 1. The van der Waals surface area contributed by atoms with Crippen LogP contribution in [0, 0.1) is 0 Å². The van der Waals surface area contributed by atoms with Crippen LogP contribution < -0.4 is 10.9 Å². The average molecular weight is 407 g/mol. The lowest BCUT2D eigenvalue weighted by atomic mass is 10.2. The standard InChI is InChI=1S/C20H17N5O3S/c26-17(21-10-15-7-4-8-28-15)9-14-12-29-20-23-18-16(19(27)24(14)20)11-22-25(18)13-5-2-1-3-6-13/h1-8,11,14H,9-10,12H2,(H,21,26)/t14-/m0/s1. The number of rotatable bonds is 5. The molecule has 0 aliphatic carbocycles. The fourth-order valence-electron chi connectivity index (χ4n) is 3.42. The Morgan fingerprint density at radius 2 is 2.10 bits per heavy atom. The Labute approximate surface area is 169 Å². The summed E-state index contributed by atoms with van der Waals surface area (Å²) in [4.78, 5) is 30.1. The summed E-state index contributed by atoms with van der Waals surface area (Å²) in [5.74, 6) is 1.18. The zero-order chi connectivity index (χ0) is 19.8. The zero-order valence-electron chi connectivity index (χ0n) is 15.3. The van der Waals surface area contributed by atoms with Gasteiger partial charge in [0.2, 0.25) is 5.91 Å². The minimum atomic E-state index is -0.240. The quantitative estimate of drug-likeness (QED) is 0.511. The van der Waals surface area contributed by atoms with E-state index in [-0.39, 0.29) is 23.9 Å². The minimum absolute atomic E-state index is 0.133. The molecule has 1 atom stereocenters. The van der Waals surface area contributed by atoms with Gasteiger partial charge in [-0.25, -0.2) is 9.67 Å². The number of hydrogen-bond donors (Lipinski definition) is 1. The molecule has 0 saturated heterocycles. The maximum absolute atomic E-state index is 13.1. The van der Waals surface area contributed by atoms with Crippen molar-refractivity contribution in [3.8, 4) is 5.69 Å². The van der Waals surface area contributed by atoms with Gasteiger partial charge in [-0.15, -0.1) is 0 Å². The molecule has 4 aromatic rings. The number of hydrogen-bond acceptors (Lipinski definition) is 6. The summed E-state index contributed by atoms with van der Waals surface area (Å²) in [5.41, 5.74) is 1.21. The molecular weight excluding hydrogens is 390 g/mol. The second-order valence-corrected chi connectivity index (χ2v) is 7.71. The summed E-state index contributed by atoms with van der Waals surface area (Å²) in [6, 6.07) is 12.9. The molecule has 0 unspecified atom stereocenters. The molecule has 9 heteroatoms. The van der Waals surface area contributed by atoms with Crippen molar-refractivity contribution in [2.45, 2.75) is 24.2 Å². The lowest BCUT2D eigenvalue weighted by Gasteiger charge is -2.13. The van der Waals surface area contributed by atoms with Crippen LogP contribution in [0.2, 0.25) is 0 Å². The molecule has 4 heterocycles. The van der Waals surface area contributed by atoms with Crippen LogP contribution in [0.15, 0.2) is 69.3 Å². The maximum atomic E-state index is 13.1. The van der Waals surface area contributed by atoms with Crippen molar-refractivity contribution in [3.63, 3.8) is 0 Å². The van der Waals surface area contributed by atoms with Gasteiger partial charge in [0.05, 0.1) is 30.7 Å². The fourth-order valence-corrected chi connectivity index (χ4v) is 4.55. The molecule has 0 fully saturated rings. The third kappa shape index (κ3) is 3.23. The van der Waals surface area contributed by atoms with Crippen LogP contribution in [0.5, 0.6) is 0 Å². The normalized spacial score (nSPS) is 15.5. The summed E-state index contributed by atoms with van der Waals surface area (Å²) in [7, 11) is 0. The van der Waals surface area contributed by atoms with E-state index in [0.29, 0.717) is 34.2 Å². The lowest BCUT2D eigenvalue weighted by molar-refractivity contribution is -0.122. The fraction of sp³-hybridized carbons (Fsp3) is 0.200. The highest BCUT2D eigenvalue weighted by atomic mass is 32.2. The molecule has 29 heavy (non-hydrogen) atoms. The van der Waals surface area contributed by atoms with E-state index in [1.54, 1.807) is 33.8 Å². The number of benzene rings is 1. The van der Waals surface area contributed by atoms with Crippen LogP contribution in [0.4, 0.5) is 0 Å². The largest absolute Gasteiger partial charge is 0.467 e. The van der Waals surface area contributed by atoms with E-state index in [0.717, 1.165) is 5.69 Å². The van der Waals surface area contributed by atoms with Crippen LogP contribution in [-0.4, -0.2) is 31.0 Å². The van der Waals surface area contributed by atoms with E-state index >= 15 is 0 Å². The van der Waals surface area contributed by atoms with Crippen LogP contribution in [-0.2, 0) is 11.3 Å². The first-order valence-electron chi connectivity index (χ1n) is 9.18. The molecule has 1 N–H and O–H groups in total. The Morgan fingerprint density at radius 3 is 2.90 bits per heavy atom. The molecule has 0 bridgehead atoms. The molecule has 0 saturated carbocycles. The Bertz CT molecular complexity index is 1230. The van der Waals surface area contributed by atoms with Crippen molar-refractivity contribution < 1.29 is 9.21 Å². The predicted octanol–water partition coefficient (Wildman–Crippen LogP) is 2.53. The highest BCUT2D eigenvalue weighted by Crippen LogP contribution is 2.33. The molecule has 1 aliphatic heterocycles. The van der Waals surface area contributed by atoms with Crippen molar-refractivity contribution in [2.24, 2.45) is 0 Å². The van der Waals surface area contributed by atoms with Crippen LogP contribution >= 0.6 is 11.8 Å². The number of aromatic nitrogens is 4. The Balaban J connectivity index is 1.42. The highest BCUT2D eigenvalue weighted by Gasteiger charge is 2.29. The monoisotopic (exact) mass is 407 g/mol. The molecule has 1 aliphatic rings. The first kappa shape index (κ1) is 17.7. The second kappa shape index (κ2) is 7.25. The van der Waals surface area contributed by atoms with Crippen molar-refractivity contribution in [2.75, 3.05) is 5.75 Å². The molecule has 0 radical (unpaired) electrons. The summed E-state index contributed by atoms with van der Waals surface area (Å²) in [6.07, 6.45) is 3.32. The number of nitrogens with zero attached hydrogens (tertiary/aromatic N) is 4. The third-order valence-electron chi connectivity index (χ3n) is 4.83. The van der Waals surface area contributed by atoms with Gasteiger partial charge in [0, 0.05) is 12.2 Å². The number of thioether (sulfide) groups is 1. The predicted molar refractivity (Wildman–Crippen MR) is 108 cm³/mol.